The van der Waals surface area contributed by atoms with E-state index in [0.717, 1.165) is 15.4 Å². The molecule has 0 saturated heterocycles. The molecular weight excluding hydrogens is 442 g/mol. The molecule has 172 valence electrons. The molecule has 1 amide bonds. The van der Waals surface area contributed by atoms with Gasteiger partial charge >= 0.3 is 0 Å². The summed E-state index contributed by atoms with van der Waals surface area (Å²) in [5.74, 6) is 0.625. The molecule has 0 aliphatic heterocycles. The van der Waals surface area contributed by atoms with Gasteiger partial charge < -0.3 is 9.47 Å². The Morgan fingerprint density at radius 1 is 0.939 bits per heavy atom. The summed E-state index contributed by atoms with van der Waals surface area (Å²) < 4.78 is 37.9. The predicted octanol–water partition coefficient (Wildman–Crippen LogP) is 3.05. The summed E-state index contributed by atoms with van der Waals surface area (Å²) in [5.41, 5.74) is 3.87. The summed E-state index contributed by atoms with van der Waals surface area (Å²) in [6.45, 7) is -0.374. The van der Waals surface area contributed by atoms with Crippen molar-refractivity contribution in [3.63, 3.8) is 0 Å². The first-order chi connectivity index (χ1) is 15.9. The highest BCUT2D eigenvalue weighted by Crippen LogP contribution is 2.21. The molecule has 0 spiro atoms. The lowest BCUT2D eigenvalue weighted by Gasteiger charge is -2.21. The second kappa shape index (κ2) is 11.3. The van der Waals surface area contributed by atoms with Crippen molar-refractivity contribution >= 4 is 22.1 Å². The maximum Gasteiger partial charge on any atom is 0.255 e. The minimum atomic E-state index is -3.96. The molecule has 3 rings (SSSR count). The summed E-state index contributed by atoms with van der Waals surface area (Å²) in [7, 11) is -0.897. The van der Waals surface area contributed by atoms with Crippen LogP contribution in [0.3, 0.4) is 0 Å². The van der Waals surface area contributed by atoms with Crippen LogP contribution in [0.2, 0.25) is 0 Å². The lowest BCUT2D eigenvalue weighted by molar-refractivity contribution is -0.121. The Morgan fingerprint density at radius 2 is 1.64 bits per heavy atom. The van der Waals surface area contributed by atoms with Gasteiger partial charge in [-0.1, -0.05) is 42.5 Å². The Hall–Kier alpha value is -3.69. The van der Waals surface area contributed by atoms with Gasteiger partial charge in [-0.25, -0.2) is 13.8 Å². The Kier molecular flexibility index (Phi) is 8.17. The van der Waals surface area contributed by atoms with Crippen LogP contribution in [0.15, 0.2) is 88.9 Å². The molecule has 0 heterocycles. The van der Waals surface area contributed by atoms with E-state index >= 15 is 0 Å². The molecule has 0 aromatic heterocycles. The van der Waals surface area contributed by atoms with Crippen molar-refractivity contribution in [3.05, 3.63) is 90.0 Å². The molecule has 0 aliphatic carbocycles. The maximum absolute atomic E-state index is 13.3. The number of hydrogen-bond acceptors (Lipinski definition) is 6. The van der Waals surface area contributed by atoms with Gasteiger partial charge in [0.15, 0.2) is 0 Å². The number of hydrogen-bond donors (Lipinski definition) is 1. The van der Waals surface area contributed by atoms with E-state index in [1.807, 2.05) is 18.2 Å². The van der Waals surface area contributed by atoms with E-state index in [1.165, 1.54) is 25.5 Å². The topological polar surface area (TPSA) is 97.3 Å². The number of nitrogens with one attached hydrogen (secondary N) is 1. The Bertz CT molecular complexity index is 1200. The Labute approximate surface area is 193 Å². The normalized spacial score (nSPS) is 11.5. The van der Waals surface area contributed by atoms with E-state index in [9.17, 15) is 13.2 Å². The number of amides is 1. The van der Waals surface area contributed by atoms with Crippen molar-refractivity contribution in [3.8, 4) is 11.5 Å². The van der Waals surface area contributed by atoms with Gasteiger partial charge in [-0.15, -0.1) is 0 Å². The number of hydrazone groups is 1. The van der Waals surface area contributed by atoms with E-state index in [2.05, 4.69) is 10.5 Å². The second-order valence-corrected chi connectivity index (χ2v) is 8.94. The van der Waals surface area contributed by atoms with Gasteiger partial charge in [0, 0.05) is 6.54 Å². The first-order valence-corrected chi connectivity index (χ1v) is 11.5. The van der Waals surface area contributed by atoms with Crippen LogP contribution in [0.25, 0.3) is 0 Å². The minimum Gasteiger partial charge on any atom is -0.497 e. The highest BCUT2D eigenvalue weighted by Gasteiger charge is 2.27. The first-order valence-electron chi connectivity index (χ1n) is 10.1. The molecule has 9 heteroatoms. The van der Waals surface area contributed by atoms with Gasteiger partial charge in [0.2, 0.25) is 10.0 Å². The summed E-state index contributed by atoms with van der Waals surface area (Å²) in [4.78, 5) is 12.6. The number of rotatable bonds is 10. The second-order valence-electron chi connectivity index (χ2n) is 7.00. The summed E-state index contributed by atoms with van der Waals surface area (Å²) in [6, 6.07) is 22.2. The molecule has 8 nitrogen and oxygen atoms in total. The van der Waals surface area contributed by atoms with E-state index in [0.29, 0.717) is 11.5 Å². The van der Waals surface area contributed by atoms with Crippen LogP contribution in [0, 0.1) is 0 Å². The molecule has 1 N–H and O–H groups in total. The Balaban J connectivity index is 1.77. The highest BCUT2D eigenvalue weighted by atomic mass is 32.2. The third-order valence-corrected chi connectivity index (χ3v) is 6.52. The van der Waals surface area contributed by atoms with Crippen molar-refractivity contribution < 1.29 is 22.7 Å². The van der Waals surface area contributed by atoms with Crippen molar-refractivity contribution in [2.75, 3.05) is 20.8 Å². The van der Waals surface area contributed by atoms with Gasteiger partial charge in [0.05, 0.1) is 31.9 Å². The molecule has 33 heavy (non-hydrogen) atoms. The quantitative estimate of drug-likeness (QED) is 0.365. The number of carbonyl (C=O) groups excluding carboxylic acids is 1. The number of benzene rings is 3. The number of ether oxygens (including phenoxy) is 2. The predicted molar refractivity (Wildman–Crippen MR) is 126 cm³/mol. The van der Waals surface area contributed by atoms with Crippen LogP contribution in [-0.4, -0.2) is 45.6 Å². The third-order valence-electron chi connectivity index (χ3n) is 4.72. The number of nitrogens with zero attached hydrogens (tertiary/aromatic N) is 2. The molecule has 0 unspecified atom stereocenters. The van der Waals surface area contributed by atoms with E-state index in [1.54, 1.807) is 55.6 Å². The number of sulfonamides is 1. The zero-order chi connectivity index (χ0) is 23.7. The maximum atomic E-state index is 13.3. The van der Waals surface area contributed by atoms with Gasteiger partial charge in [-0.3, -0.25) is 4.79 Å². The summed E-state index contributed by atoms with van der Waals surface area (Å²) >= 11 is 0. The van der Waals surface area contributed by atoms with E-state index in [4.69, 9.17) is 9.47 Å². The van der Waals surface area contributed by atoms with Crippen molar-refractivity contribution in [1.29, 1.82) is 0 Å². The molecule has 0 bridgehead atoms. The molecule has 0 fully saturated rings. The standard InChI is InChI=1S/C24H25N3O5S/c1-31-21-11-13-23(14-12-21)33(29,30)27(17-19-7-4-3-5-8-19)18-24(28)26-25-16-20-9-6-10-22(15-20)32-2/h3-16H,17-18H2,1-2H3,(H,26,28)/b25-16-. The van der Waals surface area contributed by atoms with Crippen molar-refractivity contribution in [2.24, 2.45) is 5.10 Å². The van der Waals surface area contributed by atoms with Gasteiger partial charge in [-0.05, 0) is 47.5 Å². The van der Waals surface area contributed by atoms with E-state index in [-0.39, 0.29) is 11.4 Å². The fraction of sp³-hybridized carbons (Fsp3) is 0.167. The van der Waals surface area contributed by atoms with Gasteiger partial charge in [-0.2, -0.15) is 9.41 Å². The lowest BCUT2D eigenvalue weighted by atomic mass is 10.2. The lowest BCUT2D eigenvalue weighted by Crippen LogP contribution is -2.39. The average Bonchev–Trinajstić information content (AvgIpc) is 2.84. The minimum absolute atomic E-state index is 0.0300. The van der Waals surface area contributed by atoms with Crippen LogP contribution in [0.5, 0.6) is 11.5 Å². The van der Waals surface area contributed by atoms with Crippen LogP contribution < -0.4 is 14.9 Å². The van der Waals surface area contributed by atoms with Gasteiger partial charge in [0.1, 0.15) is 11.5 Å². The smallest absolute Gasteiger partial charge is 0.255 e. The number of carbonyl (C=O) groups is 1. The van der Waals surface area contributed by atoms with Crippen LogP contribution in [-0.2, 0) is 21.4 Å². The first kappa shape index (κ1) is 24.0. The molecular formula is C24H25N3O5S. The summed E-state index contributed by atoms with van der Waals surface area (Å²) in [6.07, 6.45) is 1.46. The monoisotopic (exact) mass is 467 g/mol. The Morgan fingerprint density at radius 3 is 2.30 bits per heavy atom. The fourth-order valence-electron chi connectivity index (χ4n) is 3.01. The van der Waals surface area contributed by atoms with Gasteiger partial charge in [0.25, 0.3) is 5.91 Å². The molecule has 3 aromatic carbocycles. The molecule has 0 atom stereocenters. The largest absolute Gasteiger partial charge is 0.497 e. The molecule has 0 saturated carbocycles. The molecule has 0 radical (unpaired) electrons. The average molecular weight is 468 g/mol. The fourth-order valence-corrected chi connectivity index (χ4v) is 4.39. The SMILES string of the molecule is COc1ccc(S(=O)(=O)N(CC(=O)N/N=C\c2cccc(OC)c2)Cc2ccccc2)cc1. The van der Waals surface area contributed by atoms with Crippen molar-refractivity contribution in [1.82, 2.24) is 9.73 Å². The van der Waals surface area contributed by atoms with Crippen molar-refractivity contribution in [2.45, 2.75) is 11.4 Å². The molecule has 3 aromatic rings. The van der Waals surface area contributed by atoms with Crippen LogP contribution >= 0.6 is 0 Å². The zero-order valence-electron chi connectivity index (χ0n) is 18.3. The molecule has 0 aliphatic rings. The van der Waals surface area contributed by atoms with Crippen LogP contribution in [0.4, 0.5) is 0 Å². The highest BCUT2D eigenvalue weighted by molar-refractivity contribution is 7.89. The van der Waals surface area contributed by atoms with E-state index < -0.39 is 22.5 Å². The third kappa shape index (κ3) is 6.64. The number of methoxy groups -OCH3 is 2. The zero-order valence-corrected chi connectivity index (χ0v) is 19.2. The van der Waals surface area contributed by atoms with Crippen LogP contribution in [0.1, 0.15) is 11.1 Å². The summed E-state index contributed by atoms with van der Waals surface area (Å²) in [5, 5.41) is 3.94.